The van der Waals surface area contributed by atoms with Crippen molar-refractivity contribution < 1.29 is 4.74 Å². The number of pyridine rings is 1. The number of fused-ring (bicyclic) bond motifs is 1. The van der Waals surface area contributed by atoms with Gasteiger partial charge >= 0.3 is 0 Å². The Morgan fingerprint density at radius 1 is 0.806 bits per heavy atom. The Morgan fingerprint density at radius 2 is 1.48 bits per heavy atom. The molecule has 3 nitrogen and oxygen atoms in total. The van der Waals surface area contributed by atoms with Crippen LogP contribution in [0.5, 0.6) is 5.75 Å². The van der Waals surface area contributed by atoms with E-state index in [4.69, 9.17) is 4.74 Å². The third-order valence-corrected chi connectivity index (χ3v) is 6.29. The molecule has 0 saturated carbocycles. The summed E-state index contributed by atoms with van der Waals surface area (Å²) in [7, 11) is 0. The van der Waals surface area contributed by atoms with E-state index in [1.165, 1.54) is 16.5 Å². The maximum absolute atomic E-state index is 6.34. The summed E-state index contributed by atoms with van der Waals surface area (Å²) >= 11 is 0. The minimum absolute atomic E-state index is 0.280. The van der Waals surface area contributed by atoms with Crippen LogP contribution >= 0.6 is 0 Å². The number of likely N-dealkylation sites (tertiary alicyclic amines) is 1. The Bertz CT molecular complexity index is 1070. The van der Waals surface area contributed by atoms with Crippen LogP contribution in [0.25, 0.3) is 10.8 Å². The molecule has 0 aliphatic carbocycles. The van der Waals surface area contributed by atoms with Crippen molar-refractivity contribution in [2.75, 3.05) is 19.6 Å². The standard InChI is InChI=1S/C28H28N2O/c1-3-7-22(8-4-1)28(23-9-5-2-6-10-23)21-30-17-14-26(15-18-30)31-27-12-11-25-20-29-16-13-24(25)19-27/h1-13,16,19-20,26,28H,14-15,17-18,21H2. The fourth-order valence-electron chi connectivity index (χ4n) is 4.57. The van der Waals surface area contributed by atoms with Gasteiger partial charge in [-0.25, -0.2) is 0 Å². The second-order valence-corrected chi connectivity index (χ2v) is 8.38. The quantitative estimate of drug-likeness (QED) is 0.397. The summed E-state index contributed by atoms with van der Waals surface area (Å²) in [6, 6.07) is 30.1. The van der Waals surface area contributed by atoms with Gasteiger partial charge in [-0.1, -0.05) is 60.7 Å². The molecule has 31 heavy (non-hydrogen) atoms. The van der Waals surface area contributed by atoms with Crippen LogP contribution in [0.1, 0.15) is 29.9 Å². The molecule has 1 aliphatic heterocycles. The molecule has 0 atom stereocenters. The number of nitrogens with zero attached hydrogens (tertiary/aromatic N) is 2. The molecule has 4 aromatic rings. The number of piperidine rings is 1. The highest BCUT2D eigenvalue weighted by molar-refractivity contribution is 5.82. The molecule has 1 aliphatic rings. The second-order valence-electron chi connectivity index (χ2n) is 8.38. The van der Waals surface area contributed by atoms with Crippen molar-refractivity contribution >= 4 is 10.8 Å². The highest BCUT2D eigenvalue weighted by Gasteiger charge is 2.24. The summed E-state index contributed by atoms with van der Waals surface area (Å²) in [5.41, 5.74) is 2.77. The van der Waals surface area contributed by atoms with Gasteiger partial charge in [0, 0.05) is 43.3 Å². The largest absolute Gasteiger partial charge is 0.490 e. The van der Waals surface area contributed by atoms with Crippen LogP contribution in [-0.4, -0.2) is 35.6 Å². The molecule has 0 N–H and O–H groups in total. The van der Waals surface area contributed by atoms with Gasteiger partial charge < -0.3 is 9.64 Å². The number of rotatable bonds is 6. The first-order valence-corrected chi connectivity index (χ1v) is 11.2. The lowest BCUT2D eigenvalue weighted by Crippen LogP contribution is -2.40. The first-order valence-electron chi connectivity index (χ1n) is 11.2. The first kappa shape index (κ1) is 19.8. The number of hydrogen-bond acceptors (Lipinski definition) is 3. The zero-order valence-corrected chi connectivity index (χ0v) is 17.7. The molecule has 156 valence electrons. The van der Waals surface area contributed by atoms with Gasteiger partial charge in [0.15, 0.2) is 0 Å². The lowest BCUT2D eigenvalue weighted by Gasteiger charge is -2.34. The first-order chi connectivity index (χ1) is 15.3. The Hall–Kier alpha value is -3.17. The molecule has 3 aromatic carbocycles. The Labute approximate surface area is 184 Å². The fraction of sp³-hybridized carbons (Fsp3) is 0.250. The molecule has 0 amide bonds. The van der Waals surface area contributed by atoms with Crippen molar-refractivity contribution in [3.8, 4) is 5.75 Å². The number of aromatic nitrogens is 1. The predicted octanol–water partition coefficient (Wildman–Crippen LogP) is 5.91. The molecule has 1 aromatic heterocycles. The number of ether oxygens (including phenoxy) is 1. The van der Waals surface area contributed by atoms with Crippen molar-refractivity contribution in [2.45, 2.75) is 24.9 Å². The molecule has 2 heterocycles. The van der Waals surface area contributed by atoms with Gasteiger partial charge in [0.1, 0.15) is 11.9 Å². The summed E-state index contributed by atoms with van der Waals surface area (Å²) in [6.45, 7) is 3.18. The lowest BCUT2D eigenvalue weighted by atomic mass is 9.90. The van der Waals surface area contributed by atoms with E-state index in [-0.39, 0.29) is 6.10 Å². The maximum atomic E-state index is 6.34. The van der Waals surface area contributed by atoms with Crippen molar-refractivity contribution in [1.29, 1.82) is 0 Å². The topological polar surface area (TPSA) is 25.4 Å². The lowest BCUT2D eigenvalue weighted by molar-refractivity contribution is 0.0989. The van der Waals surface area contributed by atoms with Crippen molar-refractivity contribution in [2.24, 2.45) is 0 Å². The minimum atomic E-state index is 0.280. The van der Waals surface area contributed by atoms with Crippen LogP contribution in [0, 0.1) is 0 Å². The smallest absolute Gasteiger partial charge is 0.120 e. The summed E-state index contributed by atoms with van der Waals surface area (Å²) in [6.07, 6.45) is 6.13. The van der Waals surface area contributed by atoms with Gasteiger partial charge in [-0.3, -0.25) is 4.98 Å². The third-order valence-electron chi connectivity index (χ3n) is 6.29. The van der Waals surface area contributed by atoms with Gasteiger partial charge in [0.2, 0.25) is 0 Å². The molecule has 0 unspecified atom stereocenters. The van der Waals surface area contributed by atoms with Gasteiger partial charge in [-0.2, -0.15) is 0 Å². The van der Waals surface area contributed by atoms with Crippen LogP contribution in [0.2, 0.25) is 0 Å². The van der Waals surface area contributed by atoms with E-state index in [0.717, 1.165) is 43.6 Å². The molecule has 5 rings (SSSR count). The van der Waals surface area contributed by atoms with Gasteiger partial charge in [-0.05, 0) is 53.6 Å². The van der Waals surface area contributed by atoms with E-state index in [9.17, 15) is 0 Å². The van der Waals surface area contributed by atoms with Gasteiger partial charge in [-0.15, -0.1) is 0 Å². The molecular formula is C28H28N2O. The van der Waals surface area contributed by atoms with Crippen molar-refractivity contribution in [1.82, 2.24) is 9.88 Å². The van der Waals surface area contributed by atoms with Crippen LogP contribution in [0.3, 0.4) is 0 Å². The fourth-order valence-corrected chi connectivity index (χ4v) is 4.57. The maximum Gasteiger partial charge on any atom is 0.120 e. The summed E-state index contributed by atoms with van der Waals surface area (Å²) in [4.78, 5) is 6.78. The zero-order chi connectivity index (χ0) is 20.9. The van der Waals surface area contributed by atoms with E-state index >= 15 is 0 Å². The Kier molecular flexibility index (Phi) is 5.94. The number of hydrogen-bond donors (Lipinski definition) is 0. The second kappa shape index (κ2) is 9.32. The molecular weight excluding hydrogens is 380 g/mol. The van der Waals surface area contributed by atoms with E-state index in [0.29, 0.717) is 5.92 Å². The summed E-state index contributed by atoms with van der Waals surface area (Å²) in [5.74, 6) is 1.36. The molecule has 3 heteroatoms. The average Bonchev–Trinajstić information content (AvgIpc) is 2.84. The van der Waals surface area contributed by atoms with E-state index < -0.39 is 0 Å². The average molecular weight is 409 g/mol. The summed E-state index contributed by atoms with van der Waals surface area (Å²) < 4.78 is 6.34. The highest BCUT2D eigenvalue weighted by atomic mass is 16.5. The SMILES string of the molecule is c1ccc(C(CN2CCC(Oc3ccc4cnccc4c3)CC2)c2ccccc2)cc1. The molecule has 0 radical (unpaired) electrons. The van der Waals surface area contributed by atoms with Crippen LogP contribution < -0.4 is 4.74 Å². The zero-order valence-electron chi connectivity index (χ0n) is 17.7. The highest BCUT2D eigenvalue weighted by Crippen LogP contribution is 2.28. The number of benzene rings is 3. The van der Waals surface area contributed by atoms with E-state index in [1.807, 2.05) is 18.5 Å². The van der Waals surface area contributed by atoms with Gasteiger partial charge in [0.05, 0.1) is 0 Å². The van der Waals surface area contributed by atoms with Gasteiger partial charge in [0.25, 0.3) is 0 Å². The van der Waals surface area contributed by atoms with Crippen molar-refractivity contribution in [3.63, 3.8) is 0 Å². The van der Waals surface area contributed by atoms with Crippen LogP contribution in [-0.2, 0) is 0 Å². The monoisotopic (exact) mass is 408 g/mol. The molecule has 0 bridgehead atoms. The van der Waals surface area contributed by atoms with Crippen LogP contribution in [0.4, 0.5) is 0 Å². The van der Waals surface area contributed by atoms with E-state index in [1.54, 1.807) is 0 Å². The third kappa shape index (κ3) is 4.78. The van der Waals surface area contributed by atoms with Crippen LogP contribution in [0.15, 0.2) is 97.3 Å². The molecule has 0 spiro atoms. The molecule has 1 fully saturated rings. The van der Waals surface area contributed by atoms with Crippen molar-refractivity contribution in [3.05, 3.63) is 108 Å². The molecule has 1 saturated heterocycles. The van der Waals surface area contributed by atoms with E-state index in [2.05, 4.69) is 88.7 Å². The minimum Gasteiger partial charge on any atom is -0.490 e. The Morgan fingerprint density at radius 3 is 2.16 bits per heavy atom. The predicted molar refractivity (Wildman–Crippen MR) is 127 cm³/mol. The Balaban J connectivity index is 1.23. The normalized spacial score (nSPS) is 15.4. The summed E-state index contributed by atoms with van der Waals surface area (Å²) in [5, 5.41) is 2.33.